The van der Waals surface area contributed by atoms with Crippen molar-refractivity contribution in [3.05, 3.63) is 59.1 Å². The number of hydrogen-bond donors (Lipinski definition) is 1. The third-order valence-electron chi connectivity index (χ3n) is 3.70. The quantitative estimate of drug-likeness (QED) is 0.390. The van der Waals surface area contributed by atoms with Crippen LogP contribution in [0, 0.1) is 0 Å². The van der Waals surface area contributed by atoms with Crippen LogP contribution in [0.4, 0.5) is 13.2 Å². The molecule has 30 heavy (non-hydrogen) atoms. The second kappa shape index (κ2) is 9.86. The van der Waals surface area contributed by atoms with Crippen LogP contribution in [0.15, 0.2) is 58.2 Å². The number of amides is 1. The van der Waals surface area contributed by atoms with E-state index in [-0.39, 0.29) is 35.8 Å². The Morgan fingerprint density at radius 2 is 1.80 bits per heavy atom. The molecule has 0 bridgehead atoms. The number of aromatic nitrogens is 2. The smallest absolute Gasteiger partial charge is 0.416 e. The van der Waals surface area contributed by atoms with E-state index < -0.39 is 11.7 Å². The van der Waals surface area contributed by atoms with Crippen molar-refractivity contribution >= 4 is 29.3 Å². The molecule has 1 heterocycles. The van der Waals surface area contributed by atoms with E-state index in [9.17, 15) is 18.0 Å². The van der Waals surface area contributed by atoms with Crippen LogP contribution in [0.1, 0.15) is 5.56 Å². The van der Waals surface area contributed by atoms with Crippen LogP contribution in [-0.4, -0.2) is 35.0 Å². The third kappa shape index (κ3) is 6.39. The van der Waals surface area contributed by atoms with Gasteiger partial charge in [0.1, 0.15) is 12.4 Å². The standard InChI is InChI=1S/C19H15ClF3N3O3S/c20-14-5-1-12(2-6-14)17-25-26-18(29-17)30-11-16(27)24-9-10-28-15-7-3-13(4-8-15)19(21,22)23/h1-8H,9-11H2,(H,24,27). The highest BCUT2D eigenvalue weighted by Crippen LogP contribution is 2.30. The lowest BCUT2D eigenvalue weighted by atomic mass is 10.2. The summed E-state index contributed by atoms with van der Waals surface area (Å²) in [6.45, 7) is 0.309. The highest BCUT2D eigenvalue weighted by Gasteiger charge is 2.30. The molecule has 0 spiro atoms. The van der Waals surface area contributed by atoms with Crippen LogP contribution in [0.25, 0.3) is 11.5 Å². The molecule has 0 aliphatic carbocycles. The molecule has 6 nitrogen and oxygen atoms in total. The summed E-state index contributed by atoms with van der Waals surface area (Å²) in [6, 6.07) is 11.2. The van der Waals surface area contributed by atoms with Crippen molar-refractivity contribution in [2.75, 3.05) is 18.9 Å². The molecule has 1 amide bonds. The van der Waals surface area contributed by atoms with Crippen molar-refractivity contribution in [3.8, 4) is 17.2 Å². The average molecular weight is 458 g/mol. The Morgan fingerprint density at radius 1 is 1.10 bits per heavy atom. The van der Waals surface area contributed by atoms with Gasteiger partial charge < -0.3 is 14.5 Å². The van der Waals surface area contributed by atoms with Gasteiger partial charge >= 0.3 is 6.18 Å². The minimum absolute atomic E-state index is 0.0581. The first-order chi connectivity index (χ1) is 14.3. The number of halogens is 4. The zero-order valence-electron chi connectivity index (χ0n) is 15.3. The maximum atomic E-state index is 12.5. The molecule has 3 aromatic rings. The molecular weight excluding hydrogens is 443 g/mol. The molecule has 0 radical (unpaired) electrons. The Balaban J connectivity index is 1.37. The minimum atomic E-state index is -4.39. The molecule has 0 atom stereocenters. The van der Waals surface area contributed by atoms with Gasteiger partial charge in [0.25, 0.3) is 5.22 Å². The van der Waals surface area contributed by atoms with Gasteiger partial charge in [0, 0.05) is 10.6 Å². The second-order valence-corrected chi connectivity index (χ2v) is 7.25. The first-order valence-corrected chi connectivity index (χ1v) is 9.96. The van der Waals surface area contributed by atoms with Crippen molar-refractivity contribution < 1.29 is 27.1 Å². The van der Waals surface area contributed by atoms with Crippen LogP contribution >= 0.6 is 23.4 Å². The Labute approximate surface area is 178 Å². The maximum absolute atomic E-state index is 12.5. The fraction of sp³-hybridized carbons (Fsp3) is 0.211. The molecule has 11 heteroatoms. The van der Waals surface area contributed by atoms with Crippen molar-refractivity contribution in [2.45, 2.75) is 11.4 Å². The number of thioether (sulfide) groups is 1. The summed E-state index contributed by atoms with van der Waals surface area (Å²) in [5, 5.41) is 11.3. The van der Waals surface area contributed by atoms with E-state index in [4.69, 9.17) is 20.8 Å². The van der Waals surface area contributed by atoms with Crippen molar-refractivity contribution in [1.29, 1.82) is 0 Å². The summed E-state index contributed by atoms with van der Waals surface area (Å²) in [5.74, 6) is 0.386. The molecule has 1 aromatic heterocycles. The number of rotatable bonds is 8. The number of hydrogen-bond acceptors (Lipinski definition) is 6. The van der Waals surface area contributed by atoms with Gasteiger partial charge in [-0.05, 0) is 48.5 Å². The molecule has 0 aliphatic rings. The number of carbonyl (C=O) groups is 1. The van der Waals surface area contributed by atoms with Gasteiger partial charge in [-0.2, -0.15) is 13.2 Å². The molecule has 0 unspecified atom stereocenters. The lowest BCUT2D eigenvalue weighted by Gasteiger charge is -2.09. The van der Waals surface area contributed by atoms with Gasteiger partial charge in [0.15, 0.2) is 0 Å². The van der Waals surface area contributed by atoms with Crippen LogP contribution in [0.2, 0.25) is 5.02 Å². The van der Waals surface area contributed by atoms with E-state index in [0.29, 0.717) is 16.5 Å². The number of carbonyl (C=O) groups excluding carboxylic acids is 1. The summed E-state index contributed by atoms with van der Waals surface area (Å²) in [5.41, 5.74) is -0.0379. The minimum Gasteiger partial charge on any atom is -0.492 e. The molecule has 0 saturated carbocycles. The average Bonchev–Trinajstić information content (AvgIpc) is 3.19. The van der Waals surface area contributed by atoms with Gasteiger partial charge in [0.05, 0.1) is 17.9 Å². The monoisotopic (exact) mass is 457 g/mol. The number of nitrogens with zero attached hydrogens (tertiary/aromatic N) is 2. The molecule has 0 fully saturated rings. The van der Waals surface area contributed by atoms with E-state index in [0.717, 1.165) is 23.9 Å². The van der Waals surface area contributed by atoms with E-state index in [1.165, 1.54) is 12.1 Å². The Bertz CT molecular complexity index is 979. The summed E-state index contributed by atoms with van der Waals surface area (Å²) in [4.78, 5) is 11.9. The van der Waals surface area contributed by atoms with Gasteiger partial charge in [-0.1, -0.05) is 23.4 Å². The van der Waals surface area contributed by atoms with Crippen molar-refractivity contribution in [2.24, 2.45) is 0 Å². The van der Waals surface area contributed by atoms with Crippen molar-refractivity contribution in [3.63, 3.8) is 0 Å². The van der Waals surface area contributed by atoms with Gasteiger partial charge in [-0.15, -0.1) is 10.2 Å². The summed E-state index contributed by atoms with van der Waals surface area (Å²) in [7, 11) is 0. The topological polar surface area (TPSA) is 77.2 Å². The molecular formula is C19H15ClF3N3O3S. The first kappa shape index (κ1) is 22.0. The second-order valence-electron chi connectivity index (χ2n) is 5.89. The summed E-state index contributed by atoms with van der Waals surface area (Å²) >= 11 is 6.91. The highest BCUT2D eigenvalue weighted by molar-refractivity contribution is 7.99. The highest BCUT2D eigenvalue weighted by atomic mass is 35.5. The van der Waals surface area contributed by atoms with Gasteiger partial charge in [-0.25, -0.2) is 0 Å². The Morgan fingerprint density at radius 3 is 2.47 bits per heavy atom. The molecule has 158 valence electrons. The predicted octanol–water partition coefficient (Wildman–Crippen LogP) is 4.70. The molecule has 0 saturated heterocycles. The molecule has 0 aliphatic heterocycles. The zero-order valence-corrected chi connectivity index (χ0v) is 16.9. The largest absolute Gasteiger partial charge is 0.492 e. The Hall–Kier alpha value is -2.72. The first-order valence-electron chi connectivity index (χ1n) is 8.60. The van der Waals surface area contributed by atoms with E-state index in [1.807, 2.05) is 0 Å². The predicted molar refractivity (Wildman–Crippen MR) is 105 cm³/mol. The van der Waals surface area contributed by atoms with Gasteiger partial charge in [0.2, 0.25) is 11.8 Å². The van der Waals surface area contributed by atoms with Crippen LogP contribution in [-0.2, 0) is 11.0 Å². The number of alkyl halides is 3. The van der Waals surface area contributed by atoms with Crippen LogP contribution < -0.4 is 10.1 Å². The zero-order chi connectivity index (χ0) is 21.6. The number of ether oxygens (including phenoxy) is 1. The van der Waals surface area contributed by atoms with Gasteiger partial charge in [-0.3, -0.25) is 4.79 Å². The molecule has 3 rings (SSSR count). The fourth-order valence-electron chi connectivity index (χ4n) is 2.26. The SMILES string of the molecule is O=C(CSc1nnc(-c2ccc(Cl)cc2)o1)NCCOc1ccc(C(F)(F)F)cc1. The van der Waals surface area contributed by atoms with E-state index in [2.05, 4.69) is 15.5 Å². The Kier molecular flexibility index (Phi) is 7.22. The summed E-state index contributed by atoms with van der Waals surface area (Å²) < 4.78 is 48.3. The van der Waals surface area contributed by atoms with E-state index in [1.54, 1.807) is 24.3 Å². The van der Waals surface area contributed by atoms with E-state index >= 15 is 0 Å². The van der Waals surface area contributed by atoms with Crippen LogP contribution in [0.5, 0.6) is 5.75 Å². The van der Waals surface area contributed by atoms with Crippen LogP contribution in [0.3, 0.4) is 0 Å². The maximum Gasteiger partial charge on any atom is 0.416 e. The molecule has 1 N–H and O–H groups in total. The fourth-order valence-corrected chi connectivity index (χ4v) is 2.97. The lowest BCUT2D eigenvalue weighted by Crippen LogP contribution is -2.29. The third-order valence-corrected chi connectivity index (χ3v) is 4.77. The number of nitrogens with one attached hydrogen (secondary N) is 1. The lowest BCUT2D eigenvalue weighted by molar-refractivity contribution is -0.137. The molecule has 2 aromatic carbocycles. The number of benzene rings is 2. The normalized spacial score (nSPS) is 11.3. The summed E-state index contributed by atoms with van der Waals surface area (Å²) in [6.07, 6.45) is -4.39. The van der Waals surface area contributed by atoms with Crippen molar-refractivity contribution in [1.82, 2.24) is 15.5 Å².